The molecule has 3 rings (SSSR count). The van der Waals surface area contributed by atoms with E-state index in [4.69, 9.17) is 27.9 Å². The van der Waals surface area contributed by atoms with Gasteiger partial charge in [-0.3, -0.25) is 4.79 Å². The highest BCUT2D eigenvalue weighted by atomic mass is 35.5. The van der Waals surface area contributed by atoms with E-state index in [1.165, 1.54) is 5.56 Å². The van der Waals surface area contributed by atoms with E-state index in [1.54, 1.807) is 0 Å². The van der Waals surface area contributed by atoms with Crippen LogP contribution in [0, 0.1) is 5.92 Å². The summed E-state index contributed by atoms with van der Waals surface area (Å²) in [5.41, 5.74) is 2.32. The summed E-state index contributed by atoms with van der Waals surface area (Å²) in [6.07, 6.45) is 2.64. The Morgan fingerprint density at radius 3 is 2.73 bits per heavy atom. The average Bonchev–Trinajstić information content (AvgIpc) is 2.49. The van der Waals surface area contributed by atoms with E-state index in [9.17, 15) is 4.79 Å². The number of halogens is 2. The van der Waals surface area contributed by atoms with E-state index < -0.39 is 0 Å². The van der Waals surface area contributed by atoms with Crippen LogP contribution in [0.1, 0.15) is 43.9 Å². The summed E-state index contributed by atoms with van der Waals surface area (Å²) in [4.78, 5) is 14.9. The van der Waals surface area contributed by atoms with Crippen LogP contribution in [-0.4, -0.2) is 30.1 Å². The largest absolute Gasteiger partial charge is 0.378 e. The van der Waals surface area contributed by atoms with Gasteiger partial charge in [0.2, 0.25) is 5.91 Å². The van der Waals surface area contributed by atoms with Crippen molar-refractivity contribution in [2.75, 3.05) is 13.2 Å². The maximum Gasteiger partial charge on any atom is 0.226 e. The van der Waals surface area contributed by atoms with Crippen molar-refractivity contribution in [2.24, 2.45) is 5.92 Å². The molecule has 0 saturated carbocycles. The number of amides is 1. The molecule has 0 spiro atoms. The lowest BCUT2D eigenvalue weighted by Gasteiger charge is -2.39. The molecule has 5 heteroatoms. The quantitative estimate of drug-likeness (QED) is 0.763. The maximum atomic E-state index is 12.9. The lowest BCUT2D eigenvalue weighted by Crippen LogP contribution is -2.44. The number of hydrogen-bond acceptors (Lipinski definition) is 2. The van der Waals surface area contributed by atoms with Crippen LogP contribution in [-0.2, 0) is 16.0 Å². The SMILES string of the molecule is CC1CC(C(=O)N2CCc3cc(Cl)c(Cl)cc3C2C)CCO1. The number of rotatable bonds is 1. The van der Waals surface area contributed by atoms with Crippen molar-refractivity contribution < 1.29 is 9.53 Å². The first-order valence-electron chi connectivity index (χ1n) is 7.87. The Morgan fingerprint density at radius 1 is 1.27 bits per heavy atom. The van der Waals surface area contributed by atoms with E-state index in [-0.39, 0.29) is 24.0 Å². The summed E-state index contributed by atoms with van der Waals surface area (Å²) < 4.78 is 5.55. The molecule has 2 aliphatic rings. The predicted molar refractivity (Wildman–Crippen MR) is 88.4 cm³/mol. The van der Waals surface area contributed by atoms with Crippen molar-refractivity contribution in [3.63, 3.8) is 0 Å². The number of nitrogens with zero attached hydrogens (tertiary/aromatic N) is 1. The molecule has 3 atom stereocenters. The fourth-order valence-electron chi connectivity index (χ4n) is 3.57. The summed E-state index contributed by atoms with van der Waals surface area (Å²) in [6, 6.07) is 3.90. The normalized spacial score (nSPS) is 28.4. The molecule has 0 aliphatic carbocycles. The highest BCUT2D eigenvalue weighted by Gasteiger charge is 2.34. The third-order valence-corrected chi connectivity index (χ3v) is 5.56. The van der Waals surface area contributed by atoms with Crippen LogP contribution in [0.3, 0.4) is 0 Å². The molecule has 1 saturated heterocycles. The van der Waals surface area contributed by atoms with Gasteiger partial charge < -0.3 is 9.64 Å². The molecule has 1 aromatic carbocycles. The summed E-state index contributed by atoms with van der Waals surface area (Å²) >= 11 is 12.3. The molecule has 0 bridgehead atoms. The lowest BCUT2D eigenvalue weighted by atomic mass is 9.89. The predicted octanol–water partition coefficient (Wildman–Crippen LogP) is 4.25. The number of fused-ring (bicyclic) bond motifs is 1. The number of ether oxygens (including phenoxy) is 1. The minimum absolute atomic E-state index is 0.0455. The van der Waals surface area contributed by atoms with Gasteiger partial charge in [0.25, 0.3) is 0 Å². The summed E-state index contributed by atoms with van der Waals surface area (Å²) in [5, 5.41) is 1.15. The molecular weight excluding hydrogens is 321 g/mol. The van der Waals surface area contributed by atoms with Gasteiger partial charge in [0, 0.05) is 19.1 Å². The highest BCUT2D eigenvalue weighted by molar-refractivity contribution is 6.42. The highest BCUT2D eigenvalue weighted by Crippen LogP contribution is 2.36. The van der Waals surface area contributed by atoms with E-state index >= 15 is 0 Å². The van der Waals surface area contributed by atoms with Crippen LogP contribution in [0.4, 0.5) is 0 Å². The lowest BCUT2D eigenvalue weighted by molar-refractivity contribution is -0.143. The second-order valence-electron chi connectivity index (χ2n) is 6.33. The molecular formula is C17H21Cl2NO2. The third-order valence-electron chi connectivity index (χ3n) is 4.84. The summed E-state index contributed by atoms with van der Waals surface area (Å²) in [5.74, 6) is 0.329. The van der Waals surface area contributed by atoms with Crippen molar-refractivity contribution in [2.45, 2.75) is 45.3 Å². The van der Waals surface area contributed by atoms with Gasteiger partial charge in [-0.15, -0.1) is 0 Å². The van der Waals surface area contributed by atoms with Crippen LogP contribution in [0.25, 0.3) is 0 Å². The van der Waals surface area contributed by atoms with Crippen LogP contribution in [0.5, 0.6) is 0 Å². The Balaban J connectivity index is 1.81. The first kappa shape index (κ1) is 16.1. The zero-order chi connectivity index (χ0) is 15.9. The molecule has 0 aromatic heterocycles. The second-order valence-corrected chi connectivity index (χ2v) is 7.14. The van der Waals surface area contributed by atoms with Crippen molar-refractivity contribution in [3.8, 4) is 0 Å². The third kappa shape index (κ3) is 2.99. The fraction of sp³-hybridized carbons (Fsp3) is 0.588. The van der Waals surface area contributed by atoms with Crippen molar-refractivity contribution in [1.82, 2.24) is 4.90 Å². The monoisotopic (exact) mass is 341 g/mol. The van der Waals surface area contributed by atoms with Crippen LogP contribution >= 0.6 is 23.2 Å². The smallest absolute Gasteiger partial charge is 0.226 e. The van der Waals surface area contributed by atoms with Crippen molar-refractivity contribution in [1.29, 1.82) is 0 Å². The van der Waals surface area contributed by atoms with E-state index in [0.29, 0.717) is 16.7 Å². The first-order chi connectivity index (χ1) is 10.5. The Morgan fingerprint density at radius 2 is 2.00 bits per heavy atom. The summed E-state index contributed by atoms with van der Waals surface area (Å²) in [7, 11) is 0. The standard InChI is InChI=1S/C17H21Cl2NO2/c1-10-7-13(4-6-22-10)17(21)20-5-3-12-8-15(18)16(19)9-14(12)11(20)2/h8-11,13H,3-7H2,1-2H3. The van der Waals surface area contributed by atoms with E-state index in [1.807, 2.05) is 24.0 Å². The zero-order valence-electron chi connectivity index (χ0n) is 12.9. The molecule has 120 valence electrons. The topological polar surface area (TPSA) is 29.5 Å². The molecule has 2 aliphatic heterocycles. The molecule has 22 heavy (non-hydrogen) atoms. The van der Waals surface area contributed by atoms with E-state index in [0.717, 1.165) is 31.4 Å². The van der Waals surface area contributed by atoms with E-state index in [2.05, 4.69) is 6.92 Å². The van der Waals surface area contributed by atoms with Crippen molar-refractivity contribution in [3.05, 3.63) is 33.3 Å². The number of carbonyl (C=O) groups is 1. The molecule has 3 unspecified atom stereocenters. The maximum absolute atomic E-state index is 12.9. The second kappa shape index (κ2) is 6.38. The molecule has 1 aromatic rings. The van der Waals surface area contributed by atoms with Gasteiger partial charge >= 0.3 is 0 Å². The summed E-state index contributed by atoms with van der Waals surface area (Å²) in [6.45, 7) is 5.54. The molecule has 3 nitrogen and oxygen atoms in total. The number of carbonyl (C=O) groups excluding carboxylic acids is 1. The Labute approximate surface area is 141 Å². The Hall–Kier alpha value is -0.770. The van der Waals surface area contributed by atoms with Gasteiger partial charge in [0.1, 0.15) is 0 Å². The van der Waals surface area contributed by atoms with Gasteiger partial charge in [0.05, 0.1) is 22.2 Å². The van der Waals surface area contributed by atoms with Crippen LogP contribution < -0.4 is 0 Å². The fourth-order valence-corrected chi connectivity index (χ4v) is 3.93. The molecule has 2 heterocycles. The molecule has 0 N–H and O–H groups in total. The number of benzene rings is 1. The van der Waals surface area contributed by atoms with Crippen molar-refractivity contribution >= 4 is 29.1 Å². The number of hydrogen-bond donors (Lipinski definition) is 0. The van der Waals surface area contributed by atoms with Crippen LogP contribution in [0.2, 0.25) is 10.0 Å². The van der Waals surface area contributed by atoms with Gasteiger partial charge in [-0.1, -0.05) is 23.2 Å². The first-order valence-corrected chi connectivity index (χ1v) is 8.63. The van der Waals surface area contributed by atoms with Gasteiger partial charge in [0.15, 0.2) is 0 Å². The minimum Gasteiger partial charge on any atom is -0.378 e. The minimum atomic E-state index is 0.0455. The average molecular weight is 342 g/mol. The Bertz CT molecular complexity index is 590. The molecule has 1 amide bonds. The molecule has 0 radical (unpaired) electrons. The van der Waals surface area contributed by atoms with Crippen LogP contribution in [0.15, 0.2) is 12.1 Å². The van der Waals surface area contributed by atoms with Gasteiger partial charge in [-0.25, -0.2) is 0 Å². The van der Waals surface area contributed by atoms with Gasteiger partial charge in [-0.05, 0) is 56.4 Å². The zero-order valence-corrected chi connectivity index (χ0v) is 14.5. The molecule has 1 fully saturated rings. The Kier molecular flexibility index (Phi) is 4.67. The van der Waals surface area contributed by atoms with Gasteiger partial charge in [-0.2, -0.15) is 0 Å².